The van der Waals surface area contributed by atoms with E-state index in [-0.39, 0.29) is 0 Å². The van der Waals surface area contributed by atoms with Gasteiger partial charge >= 0.3 is 5.43 Å². The average molecular weight is 166 g/mol. The van der Waals surface area contributed by atoms with Crippen molar-refractivity contribution in [2.75, 3.05) is 6.54 Å². The minimum atomic E-state index is -1.36. The molecule has 0 aliphatic rings. The summed E-state index contributed by atoms with van der Waals surface area (Å²) in [5.74, 6) is 0. The Bertz CT molecular complexity index is 91.7. The Morgan fingerprint density at radius 1 is 1.90 bits per heavy atom. The van der Waals surface area contributed by atoms with Gasteiger partial charge in [0.05, 0.1) is 0 Å². The van der Waals surface area contributed by atoms with Gasteiger partial charge in [-0.25, -0.2) is 4.79 Å². The van der Waals surface area contributed by atoms with Crippen molar-refractivity contribution < 1.29 is 9.90 Å². The van der Waals surface area contributed by atoms with Crippen molar-refractivity contribution in [1.29, 1.82) is 0 Å². The molecular formula is C6H12ClNO2. The number of rotatable bonds is 3. The summed E-state index contributed by atoms with van der Waals surface area (Å²) < 4.78 is 0. The fourth-order valence-electron chi connectivity index (χ4n) is 0.246. The molecule has 0 radical (unpaired) electrons. The fraction of sp³-hybridized carbons (Fsp3) is 0.500. The molecule has 0 bridgehead atoms. The third kappa shape index (κ3) is 54.8. The second kappa shape index (κ2) is 11.1. The summed E-state index contributed by atoms with van der Waals surface area (Å²) in [4.78, 5) is 8.77. The normalized spacial score (nSPS) is 7.00. The lowest BCUT2D eigenvalue weighted by Gasteiger charge is -1.89. The van der Waals surface area contributed by atoms with Gasteiger partial charge in [-0.05, 0) is 12.6 Å². The van der Waals surface area contributed by atoms with Crippen LogP contribution in [-0.2, 0) is 0 Å². The molecule has 0 aromatic heterocycles. The smallest absolute Gasteiger partial charge is 0.401 e. The first-order valence-corrected chi connectivity index (χ1v) is 3.25. The highest BCUT2D eigenvalue weighted by atomic mass is 35.5. The van der Waals surface area contributed by atoms with Crippen LogP contribution in [0.1, 0.15) is 13.3 Å². The van der Waals surface area contributed by atoms with Crippen molar-refractivity contribution in [3.63, 3.8) is 0 Å². The molecule has 0 aromatic carbocycles. The molecule has 4 heteroatoms. The summed E-state index contributed by atoms with van der Waals surface area (Å²) in [5.41, 5.74) is -1.36. The van der Waals surface area contributed by atoms with Crippen molar-refractivity contribution in [2.24, 2.45) is 0 Å². The molecule has 0 aromatic rings. The zero-order chi connectivity index (χ0) is 8.41. The third-order valence-corrected chi connectivity index (χ3v) is 0.539. The van der Waals surface area contributed by atoms with Crippen LogP contribution in [0.3, 0.4) is 0 Å². The van der Waals surface area contributed by atoms with Gasteiger partial charge in [0, 0.05) is 18.1 Å². The molecule has 0 unspecified atom stereocenters. The third-order valence-electron chi connectivity index (χ3n) is 0.539. The lowest BCUT2D eigenvalue weighted by atomic mass is 10.5. The van der Waals surface area contributed by atoms with Crippen LogP contribution >= 0.6 is 11.6 Å². The van der Waals surface area contributed by atoms with Crippen LogP contribution in [-0.4, -0.2) is 17.1 Å². The molecule has 0 aliphatic carbocycles. The molecule has 60 valence electrons. The van der Waals surface area contributed by atoms with Gasteiger partial charge in [0.1, 0.15) is 0 Å². The van der Waals surface area contributed by atoms with E-state index in [2.05, 4.69) is 30.4 Å². The van der Waals surface area contributed by atoms with Crippen LogP contribution in [0.4, 0.5) is 4.79 Å². The first-order valence-electron chi connectivity index (χ1n) is 2.87. The van der Waals surface area contributed by atoms with Gasteiger partial charge in [-0.1, -0.05) is 13.5 Å². The molecule has 0 spiro atoms. The second-order valence-corrected chi connectivity index (χ2v) is 1.73. The predicted molar refractivity (Wildman–Crippen MR) is 42.4 cm³/mol. The van der Waals surface area contributed by atoms with Gasteiger partial charge in [0.25, 0.3) is 0 Å². The number of hydrogen-bond donors (Lipinski definition) is 2. The van der Waals surface area contributed by atoms with Crippen molar-refractivity contribution >= 4 is 17.0 Å². The molecule has 0 heterocycles. The molecule has 0 atom stereocenters. The van der Waals surface area contributed by atoms with E-state index in [0.29, 0.717) is 0 Å². The number of carboxylic acid groups (broad SMARTS) is 1. The summed E-state index contributed by atoms with van der Waals surface area (Å²) in [6.45, 7) is 6.65. The van der Waals surface area contributed by atoms with E-state index >= 15 is 0 Å². The van der Waals surface area contributed by atoms with Gasteiger partial charge < -0.3 is 10.4 Å². The summed E-state index contributed by atoms with van der Waals surface area (Å²) in [5, 5.41) is 10.1. The summed E-state index contributed by atoms with van der Waals surface area (Å²) in [7, 11) is 0. The lowest BCUT2D eigenvalue weighted by molar-refractivity contribution is 0.220. The molecule has 0 saturated carbocycles. The van der Waals surface area contributed by atoms with Crippen LogP contribution in [0.2, 0.25) is 0 Å². The maximum Gasteiger partial charge on any atom is 0.401 e. The average Bonchev–Trinajstić information content (AvgIpc) is 1.82. The second-order valence-electron chi connectivity index (χ2n) is 1.41. The SMILES string of the molecule is C=CNCCC.O=C(O)Cl. The van der Waals surface area contributed by atoms with Gasteiger partial charge in [-0.15, -0.1) is 0 Å². The Morgan fingerprint density at radius 2 is 2.30 bits per heavy atom. The molecule has 0 fully saturated rings. The molecule has 3 nitrogen and oxygen atoms in total. The zero-order valence-corrected chi connectivity index (χ0v) is 6.69. The van der Waals surface area contributed by atoms with E-state index in [1.807, 2.05) is 0 Å². The molecule has 0 amide bonds. The van der Waals surface area contributed by atoms with Crippen molar-refractivity contribution in [3.8, 4) is 0 Å². The maximum absolute atomic E-state index is 8.77. The summed E-state index contributed by atoms with van der Waals surface area (Å²) in [6.07, 6.45) is 2.88. The highest BCUT2D eigenvalue weighted by Crippen LogP contribution is 1.67. The molecule has 0 saturated heterocycles. The number of nitrogens with one attached hydrogen (secondary N) is 1. The molecule has 2 N–H and O–H groups in total. The van der Waals surface area contributed by atoms with E-state index in [1.165, 1.54) is 6.42 Å². The maximum atomic E-state index is 8.77. The fourth-order valence-corrected chi connectivity index (χ4v) is 0.246. The topological polar surface area (TPSA) is 49.3 Å². The Kier molecular flexibility index (Phi) is 13.4. The Morgan fingerprint density at radius 3 is 2.40 bits per heavy atom. The standard InChI is InChI=1S/C5H11N.CHClO2/c1-3-5-6-4-2;2-1(3)4/h4,6H,2-3,5H2,1H3;(H,3,4). The van der Waals surface area contributed by atoms with Crippen LogP contribution < -0.4 is 5.32 Å². The molecule has 0 rings (SSSR count). The Labute approximate surface area is 65.7 Å². The minimum Gasteiger partial charge on any atom is -0.469 e. The Balaban J connectivity index is 0. The van der Waals surface area contributed by atoms with Crippen molar-refractivity contribution in [2.45, 2.75) is 13.3 Å². The van der Waals surface area contributed by atoms with Gasteiger partial charge in [-0.2, -0.15) is 0 Å². The van der Waals surface area contributed by atoms with Crippen LogP contribution in [0.25, 0.3) is 0 Å². The van der Waals surface area contributed by atoms with Crippen molar-refractivity contribution in [1.82, 2.24) is 5.32 Å². The van der Waals surface area contributed by atoms with E-state index in [4.69, 9.17) is 9.90 Å². The minimum absolute atomic E-state index is 1.05. The Hall–Kier alpha value is -0.700. The first kappa shape index (κ1) is 12.0. The number of hydrogen-bond acceptors (Lipinski definition) is 2. The number of carbonyl (C=O) groups is 1. The summed E-state index contributed by atoms with van der Waals surface area (Å²) in [6, 6.07) is 0. The largest absolute Gasteiger partial charge is 0.469 e. The van der Waals surface area contributed by atoms with Gasteiger partial charge in [-0.3, -0.25) is 0 Å². The van der Waals surface area contributed by atoms with Gasteiger partial charge in [0.2, 0.25) is 0 Å². The van der Waals surface area contributed by atoms with E-state index < -0.39 is 5.43 Å². The highest BCUT2D eigenvalue weighted by Gasteiger charge is 1.71. The van der Waals surface area contributed by atoms with Crippen LogP contribution in [0, 0.1) is 0 Å². The predicted octanol–water partition coefficient (Wildman–Crippen LogP) is 2.03. The first-order chi connectivity index (χ1) is 4.65. The number of halogens is 1. The van der Waals surface area contributed by atoms with Gasteiger partial charge in [0.15, 0.2) is 0 Å². The molecule has 0 aliphatic heterocycles. The van der Waals surface area contributed by atoms with E-state index in [1.54, 1.807) is 6.20 Å². The summed E-state index contributed by atoms with van der Waals surface area (Å²) >= 11 is 4.19. The van der Waals surface area contributed by atoms with Crippen LogP contribution in [0.5, 0.6) is 0 Å². The van der Waals surface area contributed by atoms with E-state index in [9.17, 15) is 0 Å². The zero-order valence-electron chi connectivity index (χ0n) is 5.93. The molecule has 10 heavy (non-hydrogen) atoms. The lowest BCUT2D eigenvalue weighted by Crippen LogP contribution is -2.03. The van der Waals surface area contributed by atoms with Crippen molar-refractivity contribution in [3.05, 3.63) is 12.8 Å². The highest BCUT2D eigenvalue weighted by molar-refractivity contribution is 6.60. The van der Waals surface area contributed by atoms with E-state index in [0.717, 1.165) is 6.54 Å². The monoisotopic (exact) mass is 165 g/mol. The molecular weight excluding hydrogens is 154 g/mol. The quantitative estimate of drug-likeness (QED) is 0.497. The van der Waals surface area contributed by atoms with Crippen LogP contribution in [0.15, 0.2) is 12.8 Å².